The maximum absolute atomic E-state index is 10.5. The molecule has 0 saturated heterocycles. The number of hydrogen-bond donors (Lipinski definition) is 3. The quantitative estimate of drug-likeness (QED) is 0.596. The van der Waals surface area contributed by atoms with Crippen molar-refractivity contribution in [3.63, 3.8) is 0 Å². The maximum Gasteiger partial charge on any atom is 0.317 e. The first-order valence-corrected chi connectivity index (χ1v) is 5.90. The second-order valence-corrected chi connectivity index (χ2v) is 4.35. The molecule has 0 spiro atoms. The molecule has 6 nitrogen and oxygen atoms in total. The highest BCUT2D eigenvalue weighted by Gasteiger charge is 2.21. The monoisotopic (exact) mass is 263 g/mol. The van der Waals surface area contributed by atoms with Crippen LogP contribution in [0.25, 0.3) is 0 Å². The molecule has 0 saturated carbocycles. The molecule has 1 unspecified atom stereocenters. The molecule has 17 heavy (non-hydrogen) atoms. The van der Waals surface area contributed by atoms with E-state index in [0.29, 0.717) is 5.75 Å². The van der Waals surface area contributed by atoms with Crippen LogP contribution >= 0.6 is 11.8 Å². The Hall–Kier alpha value is -1.37. The lowest BCUT2D eigenvalue weighted by atomic mass is 10.3. The van der Waals surface area contributed by atoms with Crippen LogP contribution in [0.3, 0.4) is 0 Å². The van der Waals surface area contributed by atoms with Crippen molar-refractivity contribution in [2.45, 2.75) is 31.9 Å². The van der Waals surface area contributed by atoms with Gasteiger partial charge in [-0.2, -0.15) is 0 Å². The van der Waals surface area contributed by atoms with Crippen LogP contribution in [0.4, 0.5) is 0 Å². The SMILES string of the molecule is CC(=O)CCSC(CC(=O)O)C(=O)O.CC=N. The Morgan fingerprint density at radius 1 is 1.35 bits per heavy atom. The minimum absolute atomic E-state index is 0.0306. The normalized spacial score (nSPS) is 10.7. The van der Waals surface area contributed by atoms with Gasteiger partial charge in [0.2, 0.25) is 0 Å². The summed E-state index contributed by atoms with van der Waals surface area (Å²) in [5.74, 6) is -1.98. The number of hydrogen-bond acceptors (Lipinski definition) is 5. The van der Waals surface area contributed by atoms with Gasteiger partial charge in [0.1, 0.15) is 11.0 Å². The molecule has 98 valence electrons. The van der Waals surface area contributed by atoms with Crippen LogP contribution in [0.15, 0.2) is 0 Å². The average Bonchev–Trinajstić information content (AvgIpc) is 2.16. The van der Waals surface area contributed by atoms with Crippen molar-refractivity contribution >= 4 is 35.7 Å². The molecule has 0 bridgehead atoms. The number of carbonyl (C=O) groups is 3. The van der Waals surface area contributed by atoms with Crippen LogP contribution in [0, 0.1) is 5.41 Å². The lowest BCUT2D eigenvalue weighted by molar-refractivity contribution is -0.142. The fraction of sp³-hybridized carbons (Fsp3) is 0.600. The van der Waals surface area contributed by atoms with Gasteiger partial charge in [-0.1, -0.05) is 0 Å². The number of ketones is 1. The van der Waals surface area contributed by atoms with E-state index in [1.165, 1.54) is 13.1 Å². The zero-order chi connectivity index (χ0) is 13.8. The molecule has 1 atom stereocenters. The largest absolute Gasteiger partial charge is 0.481 e. The van der Waals surface area contributed by atoms with E-state index in [0.717, 1.165) is 11.8 Å². The van der Waals surface area contributed by atoms with Crippen LogP contribution in [-0.4, -0.2) is 45.2 Å². The van der Waals surface area contributed by atoms with E-state index in [2.05, 4.69) is 0 Å². The first-order chi connectivity index (χ1) is 7.84. The van der Waals surface area contributed by atoms with Crippen molar-refractivity contribution in [3.8, 4) is 0 Å². The standard InChI is InChI=1S/C8H12O5S.C2H5N/c1-5(9)2-3-14-6(8(12)13)4-7(10)11;1-2-3/h6H,2-4H2,1H3,(H,10,11)(H,12,13);2-3H,1H3. The predicted octanol–water partition coefficient (Wildman–Crippen LogP) is 1.28. The molecule has 0 aliphatic heterocycles. The van der Waals surface area contributed by atoms with E-state index in [4.69, 9.17) is 15.6 Å². The van der Waals surface area contributed by atoms with E-state index in [9.17, 15) is 14.4 Å². The molecule has 3 N–H and O–H groups in total. The lowest BCUT2D eigenvalue weighted by Gasteiger charge is -2.07. The van der Waals surface area contributed by atoms with Gasteiger partial charge in [0.05, 0.1) is 6.42 Å². The molecule has 0 rings (SSSR count). The second-order valence-electron chi connectivity index (χ2n) is 3.04. The zero-order valence-corrected chi connectivity index (χ0v) is 10.6. The minimum atomic E-state index is -1.15. The van der Waals surface area contributed by atoms with Crippen LogP contribution in [0.5, 0.6) is 0 Å². The Morgan fingerprint density at radius 2 is 1.82 bits per heavy atom. The maximum atomic E-state index is 10.5. The molecule has 7 heteroatoms. The summed E-state index contributed by atoms with van der Waals surface area (Å²) in [6, 6.07) is 0. The van der Waals surface area contributed by atoms with Crippen molar-refractivity contribution in [3.05, 3.63) is 0 Å². The van der Waals surface area contributed by atoms with Gasteiger partial charge in [0.25, 0.3) is 0 Å². The summed E-state index contributed by atoms with van der Waals surface area (Å²) in [4.78, 5) is 31.3. The summed E-state index contributed by atoms with van der Waals surface area (Å²) in [6.07, 6.45) is 1.10. The van der Waals surface area contributed by atoms with E-state index in [-0.39, 0.29) is 12.2 Å². The van der Waals surface area contributed by atoms with Crippen LogP contribution < -0.4 is 0 Å². The summed E-state index contributed by atoms with van der Waals surface area (Å²) in [5.41, 5.74) is 0. The van der Waals surface area contributed by atoms with Gasteiger partial charge in [0.15, 0.2) is 0 Å². The third-order valence-electron chi connectivity index (χ3n) is 1.41. The van der Waals surface area contributed by atoms with Crippen molar-refractivity contribution in [2.75, 3.05) is 5.75 Å². The third-order valence-corrected chi connectivity index (χ3v) is 2.62. The molecule has 0 aromatic rings. The summed E-state index contributed by atoms with van der Waals surface area (Å²) < 4.78 is 0. The van der Waals surface area contributed by atoms with Gasteiger partial charge in [-0.3, -0.25) is 14.4 Å². The molecular formula is C10H17NO5S. The van der Waals surface area contributed by atoms with E-state index in [1.54, 1.807) is 6.92 Å². The molecule has 0 amide bonds. The number of carbonyl (C=O) groups excluding carboxylic acids is 1. The lowest BCUT2D eigenvalue weighted by Crippen LogP contribution is -2.21. The molecule has 0 radical (unpaired) electrons. The average molecular weight is 263 g/mol. The molecule has 0 aliphatic rings. The summed E-state index contributed by atoms with van der Waals surface area (Å²) in [5, 5.41) is 22.1. The first-order valence-electron chi connectivity index (χ1n) is 4.85. The highest BCUT2D eigenvalue weighted by Crippen LogP contribution is 2.16. The second kappa shape index (κ2) is 11.1. The molecule has 0 heterocycles. The number of carboxylic acid groups (broad SMARTS) is 2. The summed E-state index contributed by atoms with van der Waals surface area (Å²) >= 11 is 0.985. The van der Waals surface area contributed by atoms with E-state index < -0.39 is 23.6 Å². The molecule has 0 aromatic carbocycles. The van der Waals surface area contributed by atoms with Crippen molar-refractivity contribution in [1.82, 2.24) is 0 Å². The third kappa shape index (κ3) is 14.6. The smallest absolute Gasteiger partial charge is 0.317 e. The predicted molar refractivity (Wildman–Crippen MR) is 65.9 cm³/mol. The Labute approximate surface area is 104 Å². The van der Waals surface area contributed by atoms with Gasteiger partial charge >= 0.3 is 11.9 Å². The number of rotatable bonds is 7. The Balaban J connectivity index is 0. The fourth-order valence-corrected chi connectivity index (χ4v) is 1.81. The first kappa shape index (κ1) is 18.0. The van der Waals surface area contributed by atoms with Gasteiger partial charge in [-0.05, 0) is 20.1 Å². The van der Waals surface area contributed by atoms with Crippen LogP contribution in [0.2, 0.25) is 0 Å². The van der Waals surface area contributed by atoms with Gasteiger partial charge < -0.3 is 15.6 Å². The minimum Gasteiger partial charge on any atom is -0.481 e. The number of nitrogens with one attached hydrogen (secondary N) is 1. The van der Waals surface area contributed by atoms with Crippen molar-refractivity contribution in [1.29, 1.82) is 5.41 Å². The van der Waals surface area contributed by atoms with Gasteiger partial charge in [-0.25, -0.2) is 0 Å². The molecular weight excluding hydrogens is 246 g/mol. The highest BCUT2D eigenvalue weighted by molar-refractivity contribution is 8.00. The van der Waals surface area contributed by atoms with Gasteiger partial charge in [0, 0.05) is 12.2 Å². The van der Waals surface area contributed by atoms with Crippen LogP contribution in [0.1, 0.15) is 26.7 Å². The Bertz CT molecular complexity index is 280. The number of Topliss-reactive ketones (excluding diaryl/α,β-unsaturated/α-hetero) is 1. The Kier molecular flexibility index (Phi) is 11.8. The number of thioether (sulfide) groups is 1. The highest BCUT2D eigenvalue weighted by atomic mass is 32.2. The van der Waals surface area contributed by atoms with Gasteiger partial charge in [-0.15, -0.1) is 11.8 Å². The topological polar surface area (TPSA) is 116 Å². The number of carboxylic acids is 2. The fourth-order valence-electron chi connectivity index (χ4n) is 0.721. The van der Waals surface area contributed by atoms with E-state index >= 15 is 0 Å². The Morgan fingerprint density at radius 3 is 2.12 bits per heavy atom. The zero-order valence-electron chi connectivity index (χ0n) is 9.80. The molecule has 0 aliphatic carbocycles. The molecule has 0 fully saturated rings. The summed E-state index contributed by atoms with van der Waals surface area (Å²) in [6.45, 7) is 3.08. The summed E-state index contributed by atoms with van der Waals surface area (Å²) in [7, 11) is 0. The van der Waals surface area contributed by atoms with Crippen molar-refractivity contribution in [2.24, 2.45) is 0 Å². The number of aliphatic carboxylic acids is 2. The van der Waals surface area contributed by atoms with Crippen molar-refractivity contribution < 1.29 is 24.6 Å². The van der Waals surface area contributed by atoms with E-state index in [1.807, 2.05) is 0 Å². The van der Waals surface area contributed by atoms with Crippen LogP contribution in [-0.2, 0) is 14.4 Å². The molecule has 0 aromatic heterocycles.